The summed E-state index contributed by atoms with van der Waals surface area (Å²) in [6.45, 7) is 7.11. The molecule has 2 rings (SSSR count). The lowest BCUT2D eigenvalue weighted by Crippen LogP contribution is -2.06. The van der Waals surface area contributed by atoms with Gasteiger partial charge in [-0.1, -0.05) is 31.5 Å². The SMILES string of the molecule is CCCCNc1cc(Nc2ccccc2C)nc(C)n1. The monoisotopic (exact) mass is 270 g/mol. The van der Waals surface area contributed by atoms with E-state index in [1.165, 1.54) is 12.0 Å². The molecular weight excluding hydrogens is 248 g/mol. The Morgan fingerprint density at radius 1 is 1.05 bits per heavy atom. The number of para-hydroxylation sites is 1. The highest BCUT2D eigenvalue weighted by atomic mass is 15.1. The smallest absolute Gasteiger partial charge is 0.136 e. The molecule has 1 aromatic carbocycles. The molecule has 0 saturated heterocycles. The second kappa shape index (κ2) is 6.89. The third-order valence-electron chi connectivity index (χ3n) is 3.08. The molecule has 0 atom stereocenters. The number of aryl methyl sites for hydroxylation is 2. The van der Waals surface area contributed by atoms with Crippen molar-refractivity contribution in [1.82, 2.24) is 9.97 Å². The van der Waals surface area contributed by atoms with Crippen molar-refractivity contribution in [3.05, 3.63) is 41.7 Å². The summed E-state index contributed by atoms with van der Waals surface area (Å²) in [6.07, 6.45) is 2.31. The van der Waals surface area contributed by atoms with Crippen LogP contribution < -0.4 is 10.6 Å². The van der Waals surface area contributed by atoms with Crippen LogP contribution in [0.2, 0.25) is 0 Å². The zero-order valence-corrected chi connectivity index (χ0v) is 12.4. The van der Waals surface area contributed by atoms with Gasteiger partial charge in [-0.2, -0.15) is 0 Å². The third kappa shape index (κ3) is 3.95. The topological polar surface area (TPSA) is 49.8 Å². The molecule has 0 unspecified atom stereocenters. The van der Waals surface area contributed by atoms with Crippen LogP contribution in [0.15, 0.2) is 30.3 Å². The van der Waals surface area contributed by atoms with Crippen molar-refractivity contribution in [3.8, 4) is 0 Å². The first kappa shape index (κ1) is 14.3. The third-order valence-corrected chi connectivity index (χ3v) is 3.08. The quantitative estimate of drug-likeness (QED) is 0.777. The van der Waals surface area contributed by atoms with Crippen LogP contribution in [-0.4, -0.2) is 16.5 Å². The second-order valence-electron chi connectivity index (χ2n) is 4.91. The van der Waals surface area contributed by atoms with Gasteiger partial charge >= 0.3 is 0 Å². The lowest BCUT2D eigenvalue weighted by Gasteiger charge is -2.11. The van der Waals surface area contributed by atoms with Crippen molar-refractivity contribution in [1.29, 1.82) is 0 Å². The van der Waals surface area contributed by atoms with Crippen LogP contribution in [0.5, 0.6) is 0 Å². The predicted molar refractivity (Wildman–Crippen MR) is 84.6 cm³/mol. The Balaban J connectivity index is 2.13. The van der Waals surface area contributed by atoms with E-state index in [1.54, 1.807) is 0 Å². The molecule has 2 aromatic rings. The number of aromatic nitrogens is 2. The highest BCUT2D eigenvalue weighted by Crippen LogP contribution is 2.20. The van der Waals surface area contributed by atoms with Crippen LogP contribution in [0.4, 0.5) is 17.3 Å². The van der Waals surface area contributed by atoms with Gasteiger partial charge in [0, 0.05) is 18.3 Å². The van der Waals surface area contributed by atoms with Crippen molar-refractivity contribution in [2.45, 2.75) is 33.6 Å². The summed E-state index contributed by atoms with van der Waals surface area (Å²) in [7, 11) is 0. The Morgan fingerprint density at radius 3 is 2.55 bits per heavy atom. The van der Waals surface area contributed by atoms with Gasteiger partial charge in [-0.15, -0.1) is 0 Å². The van der Waals surface area contributed by atoms with Gasteiger partial charge in [0.25, 0.3) is 0 Å². The summed E-state index contributed by atoms with van der Waals surface area (Å²) in [5.74, 6) is 2.47. The molecule has 1 aromatic heterocycles. The summed E-state index contributed by atoms with van der Waals surface area (Å²) >= 11 is 0. The van der Waals surface area contributed by atoms with Crippen molar-refractivity contribution in [2.24, 2.45) is 0 Å². The average Bonchev–Trinajstić information content (AvgIpc) is 2.41. The molecule has 2 N–H and O–H groups in total. The van der Waals surface area contributed by atoms with E-state index in [4.69, 9.17) is 0 Å². The molecule has 4 heteroatoms. The molecule has 106 valence electrons. The van der Waals surface area contributed by atoms with Gasteiger partial charge in [-0.05, 0) is 31.9 Å². The number of unbranched alkanes of at least 4 members (excludes halogenated alkanes) is 1. The summed E-state index contributed by atoms with van der Waals surface area (Å²) in [5, 5.41) is 6.69. The molecule has 0 fully saturated rings. The first-order valence-electron chi connectivity index (χ1n) is 7.11. The Bertz CT molecular complexity index is 566. The van der Waals surface area contributed by atoms with Crippen molar-refractivity contribution in [2.75, 3.05) is 17.2 Å². The molecule has 0 radical (unpaired) electrons. The minimum absolute atomic E-state index is 0.766. The van der Waals surface area contributed by atoms with Crippen LogP contribution >= 0.6 is 0 Å². The standard InChI is InChI=1S/C16H22N4/c1-4-5-10-17-15-11-16(19-13(3)18-15)20-14-9-7-6-8-12(14)2/h6-9,11H,4-5,10H2,1-3H3,(H2,17,18,19,20). The number of hydrogen-bond acceptors (Lipinski definition) is 4. The van der Waals surface area contributed by atoms with Crippen LogP contribution in [-0.2, 0) is 0 Å². The first-order chi connectivity index (χ1) is 9.69. The Kier molecular flexibility index (Phi) is 4.93. The van der Waals surface area contributed by atoms with Gasteiger partial charge in [0.1, 0.15) is 17.5 Å². The van der Waals surface area contributed by atoms with Gasteiger partial charge in [0.15, 0.2) is 0 Å². The maximum atomic E-state index is 4.44. The molecule has 0 amide bonds. The van der Waals surface area contributed by atoms with E-state index >= 15 is 0 Å². The first-order valence-corrected chi connectivity index (χ1v) is 7.11. The number of benzene rings is 1. The van der Waals surface area contributed by atoms with E-state index in [0.29, 0.717) is 0 Å². The van der Waals surface area contributed by atoms with Gasteiger partial charge in [0.05, 0.1) is 0 Å². The van der Waals surface area contributed by atoms with Crippen molar-refractivity contribution < 1.29 is 0 Å². The fourth-order valence-electron chi connectivity index (χ4n) is 1.97. The number of hydrogen-bond donors (Lipinski definition) is 2. The summed E-state index contributed by atoms with van der Waals surface area (Å²) < 4.78 is 0. The zero-order chi connectivity index (χ0) is 14.4. The van der Waals surface area contributed by atoms with E-state index in [2.05, 4.69) is 46.6 Å². The second-order valence-corrected chi connectivity index (χ2v) is 4.91. The van der Waals surface area contributed by atoms with Crippen molar-refractivity contribution in [3.63, 3.8) is 0 Å². The Hall–Kier alpha value is -2.10. The van der Waals surface area contributed by atoms with E-state index in [1.807, 2.05) is 25.1 Å². The molecule has 0 spiro atoms. The zero-order valence-electron chi connectivity index (χ0n) is 12.4. The molecule has 20 heavy (non-hydrogen) atoms. The summed E-state index contributed by atoms with van der Waals surface area (Å²) in [5.41, 5.74) is 2.27. The molecule has 0 saturated carbocycles. The Labute approximate surface area is 120 Å². The molecule has 0 aliphatic rings. The normalized spacial score (nSPS) is 10.3. The van der Waals surface area contributed by atoms with E-state index in [0.717, 1.165) is 36.1 Å². The van der Waals surface area contributed by atoms with Gasteiger partial charge in [-0.25, -0.2) is 9.97 Å². The van der Waals surface area contributed by atoms with E-state index in [9.17, 15) is 0 Å². The molecule has 0 bridgehead atoms. The number of rotatable bonds is 6. The van der Waals surface area contributed by atoms with Crippen molar-refractivity contribution >= 4 is 17.3 Å². The van der Waals surface area contributed by atoms with E-state index < -0.39 is 0 Å². The van der Waals surface area contributed by atoms with Crippen LogP contribution in [0.3, 0.4) is 0 Å². The minimum Gasteiger partial charge on any atom is -0.370 e. The maximum Gasteiger partial charge on any atom is 0.136 e. The molecule has 0 aliphatic heterocycles. The van der Waals surface area contributed by atoms with Gasteiger partial charge in [-0.3, -0.25) is 0 Å². The Morgan fingerprint density at radius 2 is 1.80 bits per heavy atom. The lowest BCUT2D eigenvalue weighted by molar-refractivity contribution is 0.829. The average molecular weight is 270 g/mol. The number of nitrogens with one attached hydrogen (secondary N) is 2. The number of nitrogens with zero attached hydrogens (tertiary/aromatic N) is 2. The van der Waals surface area contributed by atoms with Gasteiger partial charge in [0.2, 0.25) is 0 Å². The van der Waals surface area contributed by atoms with E-state index in [-0.39, 0.29) is 0 Å². The fourth-order valence-corrected chi connectivity index (χ4v) is 1.97. The van der Waals surface area contributed by atoms with Gasteiger partial charge < -0.3 is 10.6 Å². The lowest BCUT2D eigenvalue weighted by atomic mass is 10.2. The molecule has 1 heterocycles. The highest BCUT2D eigenvalue weighted by molar-refractivity contribution is 5.62. The molecule has 4 nitrogen and oxygen atoms in total. The summed E-state index contributed by atoms with van der Waals surface area (Å²) in [4.78, 5) is 8.84. The minimum atomic E-state index is 0.766. The molecule has 0 aliphatic carbocycles. The number of anilines is 3. The predicted octanol–water partition coefficient (Wildman–Crippen LogP) is 4.05. The molecular formula is C16H22N4. The van der Waals surface area contributed by atoms with Crippen LogP contribution in [0.25, 0.3) is 0 Å². The van der Waals surface area contributed by atoms with Crippen LogP contribution in [0.1, 0.15) is 31.2 Å². The van der Waals surface area contributed by atoms with Crippen LogP contribution in [0, 0.1) is 13.8 Å². The largest absolute Gasteiger partial charge is 0.370 e. The maximum absolute atomic E-state index is 4.44. The fraction of sp³-hybridized carbons (Fsp3) is 0.375. The summed E-state index contributed by atoms with van der Waals surface area (Å²) in [6, 6.07) is 10.1. The highest BCUT2D eigenvalue weighted by Gasteiger charge is 2.03.